The third-order valence-corrected chi connectivity index (χ3v) is 6.34. The molecule has 0 saturated carbocycles. The molecule has 0 aliphatic rings. The van der Waals surface area contributed by atoms with Crippen molar-refractivity contribution in [3.05, 3.63) is 58.1 Å². The molecule has 1 atom stereocenters. The molecule has 9 heteroatoms. The van der Waals surface area contributed by atoms with Gasteiger partial charge in [-0.1, -0.05) is 42.3 Å². The largest absolute Gasteiger partial charge is 0.497 e. The van der Waals surface area contributed by atoms with Crippen molar-refractivity contribution in [2.24, 2.45) is 0 Å². The number of nitrogens with one attached hydrogen (secondary N) is 1. The smallest absolute Gasteiger partial charge is 0.232 e. The van der Waals surface area contributed by atoms with Crippen molar-refractivity contribution in [2.75, 3.05) is 24.2 Å². The van der Waals surface area contributed by atoms with Gasteiger partial charge in [-0.25, -0.2) is 8.42 Å². The van der Waals surface area contributed by atoms with Gasteiger partial charge in [0.05, 0.1) is 30.1 Å². The maximum Gasteiger partial charge on any atom is 0.232 e. The number of amides is 1. The Hall–Kier alpha value is -1.96. The van der Waals surface area contributed by atoms with Gasteiger partial charge in [-0.15, -0.1) is 0 Å². The molecule has 2 aromatic rings. The number of nitrogens with zero attached hydrogens (tertiary/aromatic N) is 1. The zero-order valence-corrected chi connectivity index (χ0v) is 19.5. The number of halogens is 2. The van der Waals surface area contributed by atoms with Crippen molar-refractivity contribution >= 4 is 44.8 Å². The summed E-state index contributed by atoms with van der Waals surface area (Å²) in [4.78, 5) is 12.4. The number of hydrogen-bond acceptors (Lipinski definition) is 4. The number of ether oxygens (including phenoxy) is 1. The van der Waals surface area contributed by atoms with E-state index in [2.05, 4.69) is 5.32 Å². The maximum absolute atomic E-state index is 12.4. The van der Waals surface area contributed by atoms with Gasteiger partial charge in [-0.3, -0.25) is 9.10 Å². The quantitative estimate of drug-likeness (QED) is 0.537. The average Bonchev–Trinajstić information content (AvgIpc) is 2.70. The van der Waals surface area contributed by atoms with Crippen molar-refractivity contribution in [3.63, 3.8) is 0 Å². The SMILES string of the molecule is CC[C@H](NC(=O)CCCN(c1cc(Cl)ccc1Cl)S(C)(=O)=O)c1ccc(OC)cc1. The fraction of sp³-hybridized carbons (Fsp3) is 0.381. The molecule has 30 heavy (non-hydrogen) atoms. The van der Waals surface area contributed by atoms with E-state index in [-0.39, 0.29) is 29.9 Å². The van der Waals surface area contributed by atoms with Gasteiger partial charge in [0.2, 0.25) is 15.9 Å². The van der Waals surface area contributed by atoms with E-state index >= 15 is 0 Å². The van der Waals surface area contributed by atoms with Gasteiger partial charge in [0, 0.05) is 18.0 Å². The Balaban J connectivity index is 2.00. The normalized spacial score (nSPS) is 12.3. The van der Waals surface area contributed by atoms with Crippen LogP contribution in [-0.2, 0) is 14.8 Å². The minimum absolute atomic E-state index is 0.117. The van der Waals surface area contributed by atoms with E-state index in [0.29, 0.717) is 17.1 Å². The molecule has 0 aromatic heterocycles. The molecule has 0 spiro atoms. The van der Waals surface area contributed by atoms with Crippen LogP contribution in [0.15, 0.2) is 42.5 Å². The Morgan fingerprint density at radius 2 is 1.83 bits per heavy atom. The average molecular weight is 473 g/mol. The first-order valence-corrected chi connectivity index (χ1v) is 12.1. The highest BCUT2D eigenvalue weighted by Gasteiger charge is 2.21. The van der Waals surface area contributed by atoms with Crippen molar-refractivity contribution in [2.45, 2.75) is 32.2 Å². The van der Waals surface area contributed by atoms with Crippen molar-refractivity contribution in [1.29, 1.82) is 0 Å². The van der Waals surface area contributed by atoms with Gasteiger partial charge in [-0.2, -0.15) is 0 Å². The third kappa shape index (κ3) is 6.79. The Morgan fingerprint density at radius 3 is 2.40 bits per heavy atom. The van der Waals surface area contributed by atoms with E-state index in [1.54, 1.807) is 19.2 Å². The molecule has 0 radical (unpaired) electrons. The van der Waals surface area contributed by atoms with Gasteiger partial charge in [0.15, 0.2) is 0 Å². The van der Waals surface area contributed by atoms with Gasteiger partial charge < -0.3 is 10.1 Å². The van der Waals surface area contributed by atoms with Crippen LogP contribution in [0.5, 0.6) is 5.75 Å². The number of benzene rings is 2. The van der Waals surface area contributed by atoms with E-state index < -0.39 is 10.0 Å². The molecule has 1 amide bonds. The van der Waals surface area contributed by atoms with Crippen LogP contribution in [0.2, 0.25) is 10.0 Å². The molecule has 0 heterocycles. The van der Waals surface area contributed by atoms with E-state index in [9.17, 15) is 13.2 Å². The zero-order valence-electron chi connectivity index (χ0n) is 17.2. The monoisotopic (exact) mass is 472 g/mol. The first-order valence-electron chi connectivity index (χ1n) is 9.51. The number of hydrogen-bond donors (Lipinski definition) is 1. The summed E-state index contributed by atoms with van der Waals surface area (Å²) in [5.41, 5.74) is 1.28. The molecule has 0 bridgehead atoms. The zero-order chi connectivity index (χ0) is 22.3. The Morgan fingerprint density at radius 1 is 1.17 bits per heavy atom. The summed E-state index contributed by atoms with van der Waals surface area (Å²) >= 11 is 12.2. The first kappa shape index (κ1) is 24.3. The molecular formula is C21H26Cl2N2O4S. The van der Waals surface area contributed by atoms with Crippen LogP contribution in [0.25, 0.3) is 0 Å². The van der Waals surface area contributed by atoms with Crippen molar-refractivity contribution in [1.82, 2.24) is 5.32 Å². The summed E-state index contributed by atoms with van der Waals surface area (Å²) in [5.74, 6) is 0.601. The highest BCUT2D eigenvalue weighted by Crippen LogP contribution is 2.31. The highest BCUT2D eigenvalue weighted by atomic mass is 35.5. The first-order chi connectivity index (χ1) is 14.2. The molecule has 1 N–H and O–H groups in total. The molecule has 0 fully saturated rings. The number of methoxy groups -OCH3 is 1. The summed E-state index contributed by atoms with van der Waals surface area (Å²) < 4.78 is 30.8. The molecule has 2 aromatic carbocycles. The molecule has 2 rings (SSSR count). The summed E-state index contributed by atoms with van der Waals surface area (Å²) in [6.07, 6.45) is 2.34. The number of carbonyl (C=O) groups excluding carboxylic acids is 1. The second-order valence-corrected chi connectivity index (χ2v) is 9.59. The Bertz CT molecular complexity index is 965. The van der Waals surface area contributed by atoms with Crippen LogP contribution < -0.4 is 14.4 Å². The van der Waals surface area contributed by atoms with Crippen LogP contribution in [0.1, 0.15) is 37.8 Å². The molecule has 164 valence electrons. The molecule has 0 aliphatic carbocycles. The topological polar surface area (TPSA) is 75.7 Å². The minimum Gasteiger partial charge on any atom is -0.497 e. The Labute approximate surface area is 188 Å². The van der Waals surface area contributed by atoms with E-state index in [0.717, 1.165) is 24.0 Å². The van der Waals surface area contributed by atoms with Gasteiger partial charge >= 0.3 is 0 Å². The maximum atomic E-state index is 12.4. The van der Waals surface area contributed by atoms with Crippen LogP contribution in [0, 0.1) is 0 Å². The molecule has 6 nitrogen and oxygen atoms in total. The van der Waals surface area contributed by atoms with Crippen LogP contribution >= 0.6 is 23.2 Å². The summed E-state index contributed by atoms with van der Waals surface area (Å²) in [7, 11) is -1.98. The fourth-order valence-electron chi connectivity index (χ4n) is 3.05. The van der Waals surface area contributed by atoms with Crippen LogP contribution in [0.4, 0.5) is 5.69 Å². The lowest BCUT2D eigenvalue weighted by Crippen LogP contribution is -2.33. The standard InChI is InChI=1S/C21H26Cl2N2O4S/c1-4-19(15-7-10-17(29-2)11-8-15)24-21(26)6-5-13-25(30(3,27)28)20-14-16(22)9-12-18(20)23/h7-12,14,19H,4-6,13H2,1-3H3,(H,24,26)/t19-/m0/s1. The summed E-state index contributed by atoms with van der Waals surface area (Å²) in [5, 5.41) is 3.66. The molecule has 0 unspecified atom stereocenters. The van der Waals surface area contributed by atoms with Crippen molar-refractivity contribution in [3.8, 4) is 5.75 Å². The fourth-order valence-corrected chi connectivity index (χ4v) is 4.45. The van der Waals surface area contributed by atoms with E-state index in [4.69, 9.17) is 27.9 Å². The summed E-state index contributed by atoms with van der Waals surface area (Å²) in [6.45, 7) is 2.10. The number of sulfonamides is 1. The second-order valence-electron chi connectivity index (χ2n) is 6.84. The predicted molar refractivity (Wildman–Crippen MR) is 122 cm³/mol. The summed E-state index contributed by atoms with van der Waals surface area (Å²) in [6, 6.07) is 12.0. The van der Waals surface area contributed by atoms with Crippen molar-refractivity contribution < 1.29 is 17.9 Å². The minimum atomic E-state index is -3.59. The van der Waals surface area contributed by atoms with Crippen LogP contribution in [0.3, 0.4) is 0 Å². The van der Waals surface area contributed by atoms with Gasteiger partial charge in [0.25, 0.3) is 0 Å². The van der Waals surface area contributed by atoms with Gasteiger partial charge in [0.1, 0.15) is 5.75 Å². The predicted octanol–water partition coefficient (Wildman–Crippen LogP) is 4.82. The molecule has 0 saturated heterocycles. The lowest BCUT2D eigenvalue weighted by molar-refractivity contribution is -0.121. The number of anilines is 1. The highest BCUT2D eigenvalue weighted by molar-refractivity contribution is 7.92. The van der Waals surface area contributed by atoms with Gasteiger partial charge in [-0.05, 0) is 48.7 Å². The Kier molecular flexibility index (Phi) is 8.82. The number of rotatable bonds is 10. The molecule has 0 aliphatic heterocycles. The van der Waals surface area contributed by atoms with Crippen LogP contribution in [-0.4, -0.2) is 34.2 Å². The lowest BCUT2D eigenvalue weighted by atomic mass is 10.0. The van der Waals surface area contributed by atoms with E-state index in [1.807, 2.05) is 31.2 Å². The molecular weight excluding hydrogens is 447 g/mol. The third-order valence-electron chi connectivity index (χ3n) is 4.60. The lowest BCUT2D eigenvalue weighted by Gasteiger charge is -2.24. The second kappa shape index (κ2) is 10.9. The number of carbonyl (C=O) groups is 1. The van der Waals surface area contributed by atoms with E-state index in [1.165, 1.54) is 10.4 Å².